The molecule has 0 atom stereocenters. The molecule has 2 heterocycles. The third-order valence-corrected chi connectivity index (χ3v) is 5.37. The first-order valence-corrected chi connectivity index (χ1v) is 11.2. The van der Waals surface area contributed by atoms with Gasteiger partial charge in [-0.3, -0.25) is 15.8 Å². The summed E-state index contributed by atoms with van der Waals surface area (Å²) in [5.74, 6) is 1.19. The first-order chi connectivity index (χ1) is 15.2. The average Bonchev–Trinajstić information content (AvgIpc) is 2.79. The quantitative estimate of drug-likeness (QED) is 0.231. The van der Waals surface area contributed by atoms with E-state index >= 15 is 0 Å². The van der Waals surface area contributed by atoms with Crippen LogP contribution in [-0.2, 0) is 15.1 Å². The summed E-state index contributed by atoms with van der Waals surface area (Å²) in [5.41, 5.74) is 9.05. The number of hydrogen-bond acceptors (Lipinski definition) is 9. The van der Waals surface area contributed by atoms with E-state index in [1.54, 1.807) is 36.7 Å². The number of hydrogen-bond donors (Lipinski definition) is 4. The molecule has 1 aliphatic rings. The maximum atomic E-state index is 10.8. The van der Waals surface area contributed by atoms with Crippen molar-refractivity contribution < 1.29 is 8.76 Å². The van der Waals surface area contributed by atoms with Crippen molar-refractivity contribution in [1.29, 1.82) is 0 Å². The highest BCUT2D eigenvalue weighted by atomic mass is 32.2. The molecule has 0 spiro atoms. The molecule has 0 bridgehead atoms. The van der Waals surface area contributed by atoms with Crippen molar-refractivity contribution in [3.8, 4) is 11.3 Å². The number of anilines is 3. The molecule has 4 N–H and O–H groups in total. The lowest BCUT2D eigenvalue weighted by Gasteiger charge is -2.23. The first-order valence-electron chi connectivity index (χ1n) is 10.2. The van der Waals surface area contributed by atoms with Gasteiger partial charge in [-0.25, -0.2) is 4.98 Å². The molecule has 4 rings (SSSR count). The van der Waals surface area contributed by atoms with E-state index in [4.69, 9.17) is 9.54 Å². The Morgan fingerprint density at radius 3 is 2.55 bits per heavy atom. The zero-order valence-electron chi connectivity index (χ0n) is 16.9. The van der Waals surface area contributed by atoms with Crippen molar-refractivity contribution in [2.45, 2.75) is 38.1 Å². The highest BCUT2D eigenvalue weighted by Gasteiger charge is 2.15. The molecule has 1 aromatic carbocycles. The maximum Gasteiger partial charge on any atom is 0.225 e. The minimum absolute atomic E-state index is 0.382. The molecule has 1 saturated carbocycles. The Morgan fingerprint density at radius 1 is 1.03 bits per heavy atom. The second-order valence-corrected chi connectivity index (χ2v) is 7.95. The molecule has 0 saturated heterocycles. The van der Waals surface area contributed by atoms with Gasteiger partial charge in [0.1, 0.15) is 0 Å². The molecule has 1 aliphatic carbocycles. The molecule has 0 unspecified atom stereocenters. The van der Waals surface area contributed by atoms with Crippen LogP contribution in [0.4, 0.5) is 23.1 Å². The Labute approximate surface area is 182 Å². The van der Waals surface area contributed by atoms with Crippen molar-refractivity contribution >= 4 is 34.0 Å². The minimum Gasteiger partial charge on any atom is -0.454 e. The van der Waals surface area contributed by atoms with Crippen molar-refractivity contribution in [3.63, 3.8) is 0 Å². The average molecular weight is 439 g/mol. The molecule has 31 heavy (non-hydrogen) atoms. The van der Waals surface area contributed by atoms with E-state index < -0.39 is 10.9 Å². The fourth-order valence-electron chi connectivity index (χ4n) is 3.50. The summed E-state index contributed by atoms with van der Waals surface area (Å²) in [5, 5.41) is 3.48. The molecule has 0 radical (unpaired) electrons. The van der Waals surface area contributed by atoms with Crippen molar-refractivity contribution in [2.75, 3.05) is 16.2 Å². The Morgan fingerprint density at radius 2 is 1.84 bits per heavy atom. The first kappa shape index (κ1) is 21.0. The normalized spacial score (nSPS) is 15.4. The van der Waals surface area contributed by atoms with Gasteiger partial charge in [-0.1, -0.05) is 30.1 Å². The lowest BCUT2D eigenvalue weighted by molar-refractivity contribution is 0.461. The van der Waals surface area contributed by atoms with Crippen LogP contribution in [0.25, 0.3) is 11.3 Å². The molecular weight excluding hydrogens is 414 g/mol. The Bertz CT molecular complexity index is 1080. The highest BCUT2D eigenvalue weighted by Crippen LogP contribution is 2.24. The summed E-state index contributed by atoms with van der Waals surface area (Å²) in [6, 6.07) is 12.9. The second-order valence-electron chi connectivity index (χ2n) is 7.30. The van der Waals surface area contributed by atoms with Gasteiger partial charge in [0.2, 0.25) is 5.95 Å². The zero-order valence-corrected chi connectivity index (χ0v) is 17.7. The molecular formula is C21H24N7O2S-. The number of nitrogens with zero attached hydrogens (tertiary/aromatic N) is 4. The van der Waals surface area contributed by atoms with E-state index in [0.717, 1.165) is 29.8 Å². The van der Waals surface area contributed by atoms with Crippen LogP contribution in [-0.4, -0.2) is 25.5 Å². The standard InChI is InChI=1S/C21H24N7O2S/c29-31(30)28-18-10-8-17(9-11-18)26-27-20-13-19(15-5-4-12-22-14-15)24-21(25-20)23-16-6-2-1-3-7-16/h4-5,8-14,16,26H,1-3,6-7H2,(H,28,29,30)(H2,23,24,25,27)/q-1. The third-order valence-electron chi connectivity index (χ3n) is 5.01. The predicted molar refractivity (Wildman–Crippen MR) is 122 cm³/mol. The van der Waals surface area contributed by atoms with Crippen LogP contribution in [0.2, 0.25) is 0 Å². The van der Waals surface area contributed by atoms with Crippen molar-refractivity contribution in [2.24, 2.45) is 4.36 Å². The fraction of sp³-hybridized carbons (Fsp3) is 0.286. The molecule has 3 aromatic rings. The third kappa shape index (κ3) is 6.12. The lowest BCUT2D eigenvalue weighted by Crippen LogP contribution is -2.24. The fourth-order valence-corrected chi connectivity index (χ4v) is 3.80. The van der Waals surface area contributed by atoms with Crippen LogP contribution in [0, 0.1) is 0 Å². The lowest BCUT2D eigenvalue weighted by atomic mass is 9.96. The van der Waals surface area contributed by atoms with Crippen LogP contribution in [0.3, 0.4) is 0 Å². The molecule has 0 aliphatic heterocycles. The number of benzene rings is 1. The monoisotopic (exact) mass is 438 g/mol. The van der Waals surface area contributed by atoms with E-state index in [1.807, 2.05) is 18.2 Å². The van der Waals surface area contributed by atoms with Crippen molar-refractivity contribution in [1.82, 2.24) is 15.0 Å². The van der Waals surface area contributed by atoms with Gasteiger partial charge in [-0.2, -0.15) is 4.98 Å². The molecule has 9 nitrogen and oxygen atoms in total. The van der Waals surface area contributed by atoms with E-state index in [1.165, 1.54) is 19.3 Å². The summed E-state index contributed by atoms with van der Waals surface area (Å²) >= 11 is 0. The molecule has 1 fully saturated rings. The Balaban J connectivity index is 1.53. The summed E-state index contributed by atoms with van der Waals surface area (Å²) in [7, 11) is -2.22. The van der Waals surface area contributed by atoms with Crippen LogP contribution in [0.1, 0.15) is 32.1 Å². The minimum atomic E-state index is -2.22. The van der Waals surface area contributed by atoms with Gasteiger partial charge in [-0.15, -0.1) is 0 Å². The number of nitrogens with one attached hydrogen (secondary N) is 3. The topological polar surface area (TPSA) is 124 Å². The molecule has 162 valence electrons. The zero-order chi connectivity index (χ0) is 21.5. The predicted octanol–water partition coefficient (Wildman–Crippen LogP) is 4.97. The van der Waals surface area contributed by atoms with Crippen molar-refractivity contribution in [3.05, 3.63) is 54.9 Å². The SMILES string of the molecule is O=[S-](O)=Nc1ccc(NNc2cc(-c3cccnc3)nc(NC3CCCCC3)n2)cc1. The largest absolute Gasteiger partial charge is 0.454 e. The molecule has 0 amide bonds. The number of aromatic nitrogens is 3. The van der Waals surface area contributed by atoms with E-state index in [0.29, 0.717) is 23.5 Å². The van der Waals surface area contributed by atoms with Crippen LogP contribution in [0.5, 0.6) is 0 Å². The molecule has 2 aromatic heterocycles. The second kappa shape index (κ2) is 10.2. The van der Waals surface area contributed by atoms with Gasteiger partial charge in [-0.05, 0) is 49.2 Å². The number of hydrazine groups is 1. The summed E-state index contributed by atoms with van der Waals surface area (Å²) in [4.78, 5) is 13.5. The number of pyridine rings is 1. The smallest absolute Gasteiger partial charge is 0.225 e. The maximum absolute atomic E-state index is 10.8. The van der Waals surface area contributed by atoms with E-state index in [-0.39, 0.29) is 0 Å². The van der Waals surface area contributed by atoms with Gasteiger partial charge >= 0.3 is 0 Å². The summed E-state index contributed by atoms with van der Waals surface area (Å²) in [6.07, 6.45) is 9.48. The van der Waals surface area contributed by atoms with E-state index in [9.17, 15) is 4.21 Å². The Kier molecular flexibility index (Phi) is 6.90. The van der Waals surface area contributed by atoms with E-state index in [2.05, 4.69) is 30.5 Å². The summed E-state index contributed by atoms with van der Waals surface area (Å²) < 4.78 is 23.2. The van der Waals surface area contributed by atoms with Crippen LogP contribution < -0.4 is 16.2 Å². The van der Waals surface area contributed by atoms with Gasteiger partial charge in [0, 0.05) is 35.8 Å². The molecule has 10 heteroatoms. The van der Waals surface area contributed by atoms with Crippen LogP contribution >= 0.6 is 0 Å². The highest BCUT2D eigenvalue weighted by molar-refractivity contribution is 7.68. The van der Waals surface area contributed by atoms with Gasteiger partial charge in [0.15, 0.2) is 5.82 Å². The van der Waals surface area contributed by atoms with Gasteiger partial charge in [0.05, 0.1) is 11.4 Å². The Hall–Kier alpha value is -3.24. The van der Waals surface area contributed by atoms with Gasteiger partial charge in [0.25, 0.3) is 0 Å². The van der Waals surface area contributed by atoms with Gasteiger partial charge < -0.3 is 18.4 Å². The van der Waals surface area contributed by atoms with Crippen LogP contribution in [0.15, 0.2) is 59.2 Å². The number of rotatable bonds is 7. The summed E-state index contributed by atoms with van der Waals surface area (Å²) in [6.45, 7) is 0.